The molecule has 4 nitrogen and oxygen atoms in total. The number of hydrogen-bond acceptors (Lipinski definition) is 3. The summed E-state index contributed by atoms with van der Waals surface area (Å²) < 4.78 is 5.45. The molecule has 112 valence electrons. The van der Waals surface area contributed by atoms with E-state index in [1.807, 2.05) is 50.2 Å². The van der Waals surface area contributed by atoms with Gasteiger partial charge in [-0.1, -0.05) is 13.0 Å². The maximum Gasteiger partial charge on any atom is 0.251 e. The predicted molar refractivity (Wildman–Crippen MR) is 84.4 cm³/mol. The second-order valence-corrected chi connectivity index (χ2v) is 5.33. The fourth-order valence-corrected chi connectivity index (χ4v) is 2.16. The average molecular weight is 286 g/mol. The molecule has 1 atom stereocenters. The van der Waals surface area contributed by atoms with Crippen molar-refractivity contribution in [3.05, 3.63) is 54.0 Å². The zero-order valence-corrected chi connectivity index (χ0v) is 12.7. The molecule has 21 heavy (non-hydrogen) atoms. The third-order valence-electron chi connectivity index (χ3n) is 3.18. The molecule has 4 heteroatoms. The van der Waals surface area contributed by atoms with Gasteiger partial charge in [-0.3, -0.25) is 4.79 Å². The third-order valence-corrected chi connectivity index (χ3v) is 3.18. The Morgan fingerprint density at radius 3 is 2.67 bits per heavy atom. The first-order valence-corrected chi connectivity index (χ1v) is 7.31. The summed E-state index contributed by atoms with van der Waals surface area (Å²) in [5, 5.41) is 6.30. The van der Waals surface area contributed by atoms with Crippen LogP contribution in [0.2, 0.25) is 0 Å². The van der Waals surface area contributed by atoms with Crippen LogP contribution in [0.5, 0.6) is 0 Å². The standard InChI is InChI=1S/C17H22N2O2/c1-4-15(16-9-6-10-21-16)19-14-8-5-7-13(11-14)17(20)18-12(2)3/h5-12,15,19H,4H2,1-3H3,(H,18,20). The Labute approximate surface area is 125 Å². The summed E-state index contributed by atoms with van der Waals surface area (Å²) in [7, 11) is 0. The first-order valence-electron chi connectivity index (χ1n) is 7.31. The fourth-order valence-electron chi connectivity index (χ4n) is 2.16. The van der Waals surface area contributed by atoms with Gasteiger partial charge in [-0.25, -0.2) is 0 Å². The molecule has 0 saturated heterocycles. The summed E-state index contributed by atoms with van der Waals surface area (Å²) in [5.74, 6) is 0.842. The Kier molecular flexibility index (Phi) is 5.04. The number of carbonyl (C=O) groups excluding carboxylic acids is 1. The van der Waals surface area contributed by atoms with Crippen LogP contribution in [0.1, 0.15) is 49.4 Å². The quantitative estimate of drug-likeness (QED) is 0.844. The molecule has 1 unspecified atom stereocenters. The van der Waals surface area contributed by atoms with Crippen LogP contribution in [0.3, 0.4) is 0 Å². The monoisotopic (exact) mass is 286 g/mol. The first-order chi connectivity index (χ1) is 10.1. The predicted octanol–water partition coefficient (Wildman–Crippen LogP) is 3.98. The molecule has 0 aliphatic rings. The van der Waals surface area contributed by atoms with Gasteiger partial charge in [0, 0.05) is 17.3 Å². The van der Waals surface area contributed by atoms with Crippen molar-refractivity contribution in [2.24, 2.45) is 0 Å². The lowest BCUT2D eigenvalue weighted by molar-refractivity contribution is 0.0943. The van der Waals surface area contributed by atoms with Crippen molar-refractivity contribution < 1.29 is 9.21 Å². The number of furan rings is 1. The molecule has 1 heterocycles. The number of hydrogen-bond donors (Lipinski definition) is 2. The van der Waals surface area contributed by atoms with Crippen molar-refractivity contribution in [1.82, 2.24) is 5.32 Å². The highest BCUT2D eigenvalue weighted by atomic mass is 16.3. The number of carbonyl (C=O) groups is 1. The summed E-state index contributed by atoms with van der Waals surface area (Å²) >= 11 is 0. The average Bonchev–Trinajstić information content (AvgIpc) is 2.98. The van der Waals surface area contributed by atoms with E-state index in [1.165, 1.54) is 0 Å². The molecule has 2 rings (SSSR count). The van der Waals surface area contributed by atoms with E-state index in [9.17, 15) is 4.79 Å². The topological polar surface area (TPSA) is 54.3 Å². The van der Waals surface area contributed by atoms with Crippen molar-refractivity contribution in [3.8, 4) is 0 Å². The molecule has 0 aliphatic heterocycles. The Balaban J connectivity index is 2.12. The zero-order chi connectivity index (χ0) is 15.2. The van der Waals surface area contributed by atoms with E-state index in [4.69, 9.17) is 4.42 Å². The van der Waals surface area contributed by atoms with Crippen LogP contribution in [0.25, 0.3) is 0 Å². The third kappa shape index (κ3) is 4.12. The van der Waals surface area contributed by atoms with E-state index < -0.39 is 0 Å². The van der Waals surface area contributed by atoms with Crippen molar-refractivity contribution in [2.75, 3.05) is 5.32 Å². The SMILES string of the molecule is CCC(Nc1cccc(C(=O)NC(C)C)c1)c1ccco1. The highest BCUT2D eigenvalue weighted by Crippen LogP contribution is 2.23. The smallest absolute Gasteiger partial charge is 0.251 e. The Morgan fingerprint density at radius 1 is 1.24 bits per heavy atom. The van der Waals surface area contributed by atoms with Crippen LogP contribution >= 0.6 is 0 Å². The van der Waals surface area contributed by atoms with Crippen LogP contribution in [0.15, 0.2) is 47.1 Å². The van der Waals surface area contributed by atoms with Crippen molar-refractivity contribution in [3.63, 3.8) is 0 Å². The fraction of sp³-hybridized carbons (Fsp3) is 0.353. The number of anilines is 1. The highest BCUT2D eigenvalue weighted by Gasteiger charge is 2.13. The zero-order valence-electron chi connectivity index (χ0n) is 12.7. The van der Waals surface area contributed by atoms with Crippen LogP contribution in [-0.4, -0.2) is 11.9 Å². The number of benzene rings is 1. The lowest BCUT2D eigenvalue weighted by Gasteiger charge is -2.17. The van der Waals surface area contributed by atoms with Crippen molar-refractivity contribution in [2.45, 2.75) is 39.3 Å². The highest BCUT2D eigenvalue weighted by molar-refractivity contribution is 5.95. The second kappa shape index (κ2) is 6.97. The van der Waals surface area contributed by atoms with E-state index in [2.05, 4.69) is 17.6 Å². The lowest BCUT2D eigenvalue weighted by Crippen LogP contribution is -2.30. The Hall–Kier alpha value is -2.23. The van der Waals surface area contributed by atoms with E-state index in [0.717, 1.165) is 17.9 Å². The molecule has 2 aromatic rings. The van der Waals surface area contributed by atoms with Crippen LogP contribution < -0.4 is 10.6 Å². The summed E-state index contributed by atoms with van der Waals surface area (Å²) in [4.78, 5) is 12.0. The first kappa shape index (κ1) is 15.2. The van der Waals surface area contributed by atoms with Gasteiger partial charge in [0.1, 0.15) is 5.76 Å². The summed E-state index contributed by atoms with van der Waals surface area (Å²) in [6.07, 6.45) is 2.57. The maximum absolute atomic E-state index is 12.0. The Morgan fingerprint density at radius 2 is 2.05 bits per heavy atom. The van der Waals surface area contributed by atoms with Gasteiger partial charge in [0.25, 0.3) is 5.91 Å². The molecule has 1 aromatic carbocycles. The minimum atomic E-state index is -0.0558. The van der Waals surface area contributed by atoms with Gasteiger partial charge in [-0.05, 0) is 50.6 Å². The maximum atomic E-state index is 12.0. The molecule has 0 spiro atoms. The van der Waals surface area contributed by atoms with Gasteiger partial charge < -0.3 is 15.1 Å². The summed E-state index contributed by atoms with van der Waals surface area (Å²) in [6.45, 7) is 5.99. The molecule has 2 N–H and O–H groups in total. The molecule has 0 bridgehead atoms. The van der Waals surface area contributed by atoms with Crippen molar-refractivity contribution >= 4 is 11.6 Å². The van der Waals surface area contributed by atoms with Gasteiger partial charge in [0.15, 0.2) is 0 Å². The molecular formula is C17H22N2O2. The number of amides is 1. The van der Waals surface area contributed by atoms with Crippen LogP contribution in [-0.2, 0) is 0 Å². The second-order valence-electron chi connectivity index (χ2n) is 5.33. The molecule has 1 amide bonds. The molecule has 0 aliphatic carbocycles. The normalized spacial score (nSPS) is 12.2. The van der Waals surface area contributed by atoms with Crippen LogP contribution in [0, 0.1) is 0 Å². The summed E-state index contributed by atoms with van der Waals surface area (Å²) in [6, 6.07) is 11.6. The molecular weight excluding hydrogens is 264 g/mol. The summed E-state index contributed by atoms with van der Waals surface area (Å²) in [5.41, 5.74) is 1.57. The minimum Gasteiger partial charge on any atom is -0.467 e. The van der Waals surface area contributed by atoms with Gasteiger partial charge in [-0.2, -0.15) is 0 Å². The molecule has 0 saturated carbocycles. The van der Waals surface area contributed by atoms with E-state index in [-0.39, 0.29) is 18.0 Å². The molecule has 0 fully saturated rings. The van der Waals surface area contributed by atoms with E-state index >= 15 is 0 Å². The van der Waals surface area contributed by atoms with Crippen molar-refractivity contribution in [1.29, 1.82) is 0 Å². The van der Waals surface area contributed by atoms with Gasteiger partial charge in [0.2, 0.25) is 0 Å². The van der Waals surface area contributed by atoms with Crippen LogP contribution in [0.4, 0.5) is 5.69 Å². The van der Waals surface area contributed by atoms with Gasteiger partial charge >= 0.3 is 0 Å². The minimum absolute atomic E-state index is 0.0558. The number of rotatable bonds is 6. The van der Waals surface area contributed by atoms with Gasteiger partial charge in [0.05, 0.1) is 12.3 Å². The van der Waals surface area contributed by atoms with E-state index in [0.29, 0.717) is 5.56 Å². The lowest BCUT2D eigenvalue weighted by atomic mass is 10.1. The number of nitrogens with one attached hydrogen (secondary N) is 2. The Bertz CT molecular complexity index is 576. The molecule has 1 aromatic heterocycles. The van der Waals surface area contributed by atoms with Gasteiger partial charge in [-0.15, -0.1) is 0 Å². The largest absolute Gasteiger partial charge is 0.467 e. The molecule has 0 radical (unpaired) electrons. The van der Waals surface area contributed by atoms with E-state index in [1.54, 1.807) is 6.26 Å².